The summed E-state index contributed by atoms with van der Waals surface area (Å²) in [5.41, 5.74) is -0.488. The van der Waals surface area contributed by atoms with Gasteiger partial charge in [0.15, 0.2) is 0 Å². The molecule has 3 aromatic rings. The third-order valence-electron chi connectivity index (χ3n) is 3.46. The first-order chi connectivity index (χ1) is 12.3. The highest BCUT2D eigenvalue weighted by molar-refractivity contribution is 7.10. The lowest BCUT2D eigenvalue weighted by molar-refractivity contribution is -0.137. The van der Waals surface area contributed by atoms with E-state index in [1.54, 1.807) is 13.0 Å². The van der Waals surface area contributed by atoms with E-state index >= 15 is 0 Å². The van der Waals surface area contributed by atoms with E-state index < -0.39 is 17.6 Å². The van der Waals surface area contributed by atoms with Crippen LogP contribution in [0.25, 0.3) is 11.8 Å². The summed E-state index contributed by atoms with van der Waals surface area (Å²) >= 11 is 1.47. The van der Waals surface area contributed by atoms with Gasteiger partial charge in [-0.2, -0.15) is 18.3 Å². The van der Waals surface area contributed by atoms with Crippen molar-refractivity contribution in [3.8, 4) is 5.69 Å². The molecular weight excluding hydrogens is 363 g/mol. The summed E-state index contributed by atoms with van der Waals surface area (Å²) < 4.78 is 40.9. The number of hydrogen-bond acceptors (Lipinski definition) is 3. The Labute approximate surface area is 151 Å². The van der Waals surface area contributed by atoms with Crippen LogP contribution in [0.3, 0.4) is 0 Å². The first-order valence-electron chi connectivity index (χ1n) is 7.60. The summed E-state index contributed by atoms with van der Waals surface area (Å²) in [5, 5.41) is 8.56. The minimum atomic E-state index is -4.53. The third-order valence-corrected chi connectivity index (χ3v) is 4.30. The Kier molecular flexibility index (Phi) is 4.94. The van der Waals surface area contributed by atoms with Crippen LogP contribution in [-0.4, -0.2) is 15.7 Å². The zero-order valence-corrected chi connectivity index (χ0v) is 14.4. The van der Waals surface area contributed by atoms with Crippen LogP contribution in [0.4, 0.5) is 19.0 Å². The van der Waals surface area contributed by atoms with Crippen molar-refractivity contribution in [3.63, 3.8) is 0 Å². The quantitative estimate of drug-likeness (QED) is 0.657. The Morgan fingerprint density at radius 3 is 2.69 bits per heavy atom. The molecule has 1 amide bonds. The number of hydrogen-bond donors (Lipinski definition) is 1. The van der Waals surface area contributed by atoms with Crippen molar-refractivity contribution in [3.05, 3.63) is 70.1 Å². The van der Waals surface area contributed by atoms with Gasteiger partial charge in [0.05, 0.1) is 16.9 Å². The third kappa shape index (κ3) is 4.02. The topological polar surface area (TPSA) is 46.9 Å². The molecule has 2 heterocycles. The molecule has 0 spiro atoms. The molecule has 1 aromatic carbocycles. The van der Waals surface area contributed by atoms with Gasteiger partial charge in [-0.1, -0.05) is 18.2 Å². The van der Waals surface area contributed by atoms with Crippen LogP contribution in [0.5, 0.6) is 0 Å². The van der Waals surface area contributed by atoms with Crippen LogP contribution < -0.4 is 5.32 Å². The van der Waals surface area contributed by atoms with E-state index in [1.165, 1.54) is 41.7 Å². The molecule has 4 nitrogen and oxygen atoms in total. The molecule has 0 aliphatic heterocycles. The van der Waals surface area contributed by atoms with Gasteiger partial charge in [-0.15, -0.1) is 11.3 Å². The maximum atomic E-state index is 13.3. The number of nitrogens with zero attached hydrogens (tertiary/aromatic N) is 2. The number of carbonyl (C=O) groups is 1. The Morgan fingerprint density at radius 2 is 2.00 bits per heavy atom. The highest BCUT2D eigenvalue weighted by Gasteiger charge is 2.34. The van der Waals surface area contributed by atoms with Crippen molar-refractivity contribution in [2.45, 2.75) is 13.1 Å². The maximum Gasteiger partial charge on any atom is 0.418 e. The van der Waals surface area contributed by atoms with Gasteiger partial charge in [0.2, 0.25) is 5.91 Å². The highest BCUT2D eigenvalue weighted by Crippen LogP contribution is 2.34. The minimum absolute atomic E-state index is 0.148. The van der Waals surface area contributed by atoms with E-state index in [0.29, 0.717) is 5.69 Å². The fourth-order valence-electron chi connectivity index (χ4n) is 2.38. The van der Waals surface area contributed by atoms with E-state index in [4.69, 9.17) is 0 Å². The van der Waals surface area contributed by atoms with E-state index in [0.717, 1.165) is 15.6 Å². The molecule has 0 saturated heterocycles. The summed E-state index contributed by atoms with van der Waals surface area (Å²) in [7, 11) is 0. The Bertz CT molecular complexity index is 943. The van der Waals surface area contributed by atoms with Gasteiger partial charge in [-0.3, -0.25) is 4.79 Å². The number of para-hydroxylation sites is 1. The van der Waals surface area contributed by atoms with E-state index in [1.807, 2.05) is 17.5 Å². The zero-order chi connectivity index (χ0) is 18.7. The van der Waals surface area contributed by atoms with E-state index in [2.05, 4.69) is 10.4 Å². The molecule has 0 atom stereocenters. The predicted molar refractivity (Wildman–Crippen MR) is 95.3 cm³/mol. The van der Waals surface area contributed by atoms with Gasteiger partial charge in [-0.05, 0) is 36.6 Å². The number of aromatic nitrogens is 2. The predicted octanol–water partition coefficient (Wildman–Crippen LogP) is 4.91. The van der Waals surface area contributed by atoms with Crippen LogP contribution in [0.2, 0.25) is 0 Å². The number of alkyl halides is 3. The first kappa shape index (κ1) is 17.9. The number of halogens is 3. The van der Waals surface area contributed by atoms with Crippen LogP contribution in [0.1, 0.15) is 16.1 Å². The number of nitrogens with one attached hydrogen (secondary N) is 1. The standard InChI is InChI=1S/C18H14F3N3OS/c1-12-11-16(22-17(25)9-8-13-5-4-10-26-13)24(23-12)15-7-3-2-6-14(15)18(19,20)21/h2-11H,1H3,(H,22,25). The molecule has 0 fully saturated rings. The van der Waals surface area contributed by atoms with Crippen molar-refractivity contribution in [1.82, 2.24) is 9.78 Å². The molecule has 0 aliphatic carbocycles. The second-order valence-electron chi connectivity index (χ2n) is 5.44. The maximum absolute atomic E-state index is 13.3. The lowest BCUT2D eigenvalue weighted by atomic mass is 10.1. The molecule has 1 N–H and O–H groups in total. The van der Waals surface area contributed by atoms with Gasteiger partial charge < -0.3 is 5.32 Å². The molecule has 0 saturated carbocycles. The van der Waals surface area contributed by atoms with Gasteiger partial charge in [0.25, 0.3) is 0 Å². The SMILES string of the molecule is Cc1cc(NC(=O)C=Cc2cccs2)n(-c2ccccc2C(F)(F)F)n1. The zero-order valence-electron chi connectivity index (χ0n) is 13.6. The monoisotopic (exact) mass is 377 g/mol. The number of amides is 1. The molecule has 0 aliphatic rings. The average molecular weight is 377 g/mol. The summed E-state index contributed by atoms with van der Waals surface area (Å²) in [6, 6.07) is 10.3. The Balaban J connectivity index is 1.91. The molecule has 26 heavy (non-hydrogen) atoms. The Hall–Kier alpha value is -2.87. The minimum Gasteiger partial charge on any atom is -0.307 e. The van der Waals surface area contributed by atoms with E-state index in [9.17, 15) is 18.0 Å². The molecule has 0 unspecified atom stereocenters. The lowest BCUT2D eigenvalue weighted by Crippen LogP contribution is -2.16. The fourth-order valence-corrected chi connectivity index (χ4v) is 3.00. The van der Waals surface area contributed by atoms with E-state index in [-0.39, 0.29) is 11.5 Å². The van der Waals surface area contributed by atoms with Crippen molar-refractivity contribution in [2.75, 3.05) is 5.32 Å². The van der Waals surface area contributed by atoms with Crippen LogP contribution >= 0.6 is 11.3 Å². The molecule has 134 valence electrons. The number of anilines is 1. The van der Waals surface area contributed by atoms with Crippen LogP contribution in [0.15, 0.2) is 53.9 Å². The Morgan fingerprint density at radius 1 is 1.23 bits per heavy atom. The number of thiophene rings is 1. The highest BCUT2D eigenvalue weighted by atomic mass is 32.1. The van der Waals surface area contributed by atoms with Gasteiger partial charge in [0, 0.05) is 17.0 Å². The van der Waals surface area contributed by atoms with Crippen molar-refractivity contribution < 1.29 is 18.0 Å². The lowest BCUT2D eigenvalue weighted by Gasteiger charge is -2.14. The van der Waals surface area contributed by atoms with Crippen molar-refractivity contribution in [2.24, 2.45) is 0 Å². The molecular formula is C18H14F3N3OS. The summed E-state index contributed by atoms with van der Waals surface area (Å²) in [4.78, 5) is 13.0. The normalized spacial score (nSPS) is 11.8. The second-order valence-corrected chi connectivity index (χ2v) is 6.41. The molecule has 2 aromatic heterocycles. The smallest absolute Gasteiger partial charge is 0.307 e. The molecule has 0 bridgehead atoms. The van der Waals surface area contributed by atoms with Gasteiger partial charge in [0.1, 0.15) is 5.82 Å². The number of aryl methyl sites for hydroxylation is 1. The first-order valence-corrected chi connectivity index (χ1v) is 8.48. The average Bonchev–Trinajstić information content (AvgIpc) is 3.22. The number of rotatable bonds is 4. The van der Waals surface area contributed by atoms with Crippen LogP contribution in [0, 0.1) is 6.92 Å². The summed E-state index contributed by atoms with van der Waals surface area (Å²) in [5.74, 6) is -0.288. The van der Waals surface area contributed by atoms with Gasteiger partial charge >= 0.3 is 6.18 Å². The number of benzene rings is 1. The fraction of sp³-hybridized carbons (Fsp3) is 0.111. The van der Waals surface area contributed by atoms with Crippen molar-refractivity contribution in [1.29, 1.82) is 0 Å². The molecule has 0 radical (unpaired) electrons. The summed E-state index contributed by atoms with van der Waals surface area (Å²) in [6.07, 6.45) is -1.57. The second kappa shape index (κ2) is 7.17. The molecule has 3 rings (SSSR count). The summed E-state index contributed by atoms with van der Waals surface area (Å²) in [6.45, 7) is 1.64. The molecule has 8 heteroatoms. The number of carbonyl (C=O) groups excluding carboxylic acids is 1. The van der Waals surface area contributed by atoms with Gasteiger partial charge in [-0.25, -0.2) is 4.68 Å². The van der Waals surface area contributed by atoms with Crippen molar-refractivity contribution >= 4 is 29.1 Å². The van der Waals surface area contributed by atoms with Crippen LogP contribution in [-0.2, 0) is 11.0 Å². The largest absolute Gasteiger partial charge is 0.418 e.